The zero-order chi connectivity index (χ0) is 13.6. The van der Waals surface area contributed by atoms with Crippen molar-refractivity contribution in [3.05, 3.63) is 21.0 Å². The van der Waals surface area contributed by atoms with E-state index in [0.717, 1.165) is 23.1 Å². The van der Waals surface area contributed by atoms with Gasteiger partial charge >= 0.3 is 0 Å². The van der Waals surface area contributed by atoms with E-state index in [4.69, 9.17) is 4.74 Å². The van der Waals surface area contributed by atoms with Crippen molar-refractivity contribution in [2.24, 2.45) is 4.99 Å². The van der Waals surface area contributed by atoms with Crippen LogP contribution >= 0.6 is 15.9 Å². The maximum atomic E-state index is 11.9. The van der Waals surface area contributed by atoms with E-state index < -0.39 is 0 Å². The highest BCUT2D eigenvalue weighted by Crippen LogP contribution is 2.40. The Labute approximate surface area is 117 Å². The van der Waals surface area contributed by atoms with Crippen molar-refractivity contribution in [3.63, 3.8) is 0 Å². The molecule has 7 heteroatoms. The fraction of sp³-hybridized carbons (Fsp3) is 0.250. The molecule has 0 radical (unpaired) electrons. The van der Waals surface area contributed by atoms with Gasteiger partial charge in [-0.05, 0) is 22.9 Å². The van der Waals surface area contributed by atoms with Crippen LogP contribution in [0.5, 0.6) is 5.75 Å². The second-order valence-corrected chi connectivity index (χ2v) is 4.84. The summed E-state index contributed by atoms with van der Waals surface area (Å²) in [5.74, 6) is 1.76. The van der Waals surface area contributed by atoms with Crippen LogP contribution < -0.4 is 15.6 Å². The van der Waals surface area contributed by atoms with Gasteiger partial charge in [0.25, 0.3) is 5.56 Å². The SMILES string of the molecule is CCn1cc2c(OC)c(Br)c(=O)nc3c2c1N=CN3. The number of hydrogen-bond acceptors (Lipinski definition) is 5. The van der Waals surface area contributed by atoms with Crippen LogP contribution in [-0.2, 0) is 6.54 Å². The number of aliphatic imine (C=N–C) groups is 1. The maximum Gasteiger partial charge on any atom is 0.289 e. The molecule has 0 aromatic carbocycles. The van der Waals surface area contributed by atoms with Gasteiger partial charge in [0.05, 0.1) is 18.8 Å². The third kappa shape index (κ3) is 1.65. The molecule has 1 N–H and O–H groups in total. The summed E-state index contributed by atoms with van der Waals surface area (Å²) < 4.78 is 7.66. The van der Waals surface area contributed by atoms with Crippen LogP contribution in [0.15, 0.2) is 20.5 Å². The number of anilines is 1. The zero-order valence-electron chi connectivity index (χ0n) is 10.4. The lowest BCUT2D eigenvalue weighted by atomic mass is 10.2. The highest BCUT2D eigenvalue weighted by molar-refractivity contribution is 9.10. The van der Waals surface area contributed by atoms with E-state index in [2.05, 4.69) is 31.2 Å². The molecule has 0 unspecified atom stereocenters. The monoisotopic (exact) mass is 322 g/mol. The van der Waals surface area contributed by atoms with Gasteiger partial charge in [0, 0.05) is 18.1 Å². The van der Waals surface area contributed by atoms with E-state index in [1.165, 1.54) is 13.4 Å². The lowest BCUT2D eigenvalue weighted by Gasteiger charge is -2.07. The standard InChI is InChI=1S/C12H11BrN4O2/c1-3-17-4-6-7-10(14-5-15-11(7)17)16-12(18)8(13)9(6)19-2/h4-5H,3H2,1-2H3,(H,14,15,16,18). The fourth-order valence-corrected chi connectivity index (χ4v) is 2.68. The highest BCUT2D eigenvalue weighted by atomic mass is 79.9. The molecule has 0 atom stereocenters. The van der Waals surface area contributed by atoms with Gasteiger partial charge in [-0.3, -0.25) is 4.79 Å². The number of nitrogens with zero attached hydrogens (tertiary/aromatic N) is 3. The highest BCUT2D eigenvalue weighted by Gasteiger charge is 2.21. The van der Waals surface area contributed by atoms with Crippen LogP contribution in [0.25, 0.3) is 10.8 Å². The normalized spacial score (nSPS) is 12.6. The summed E-state index contributed by atoms with van der Waals surface area (Å²) in [4.78, 5) is 20.3. The molecule has 0 fully saturated rings. The van der Waals surface area contributed by atoms with Crippen LogP contribution in [0.4, 0.5) is 11.6 Å². The molecule has 3 rings (SSSR count). The topological polar surface area (TPSA) is 68.5 Å². The van der Waals surface area contributed by atoms with Crippen molar-refractivity contribution in [1.82, 2.24) is 9.55 Å². The van der Waals surface area contributed by atoms with Gasteiger partial charge in [-0.15, -0.1) is 0 Å². The average molecular weight is 323 g/mol. The molecular weight excluding hydrogens is 312 g/mol. The maximum absolute atomic E-state index is 11.9. The Bertz CT molecular complexity index is 767. The molecule has 1 aliphatic rings. The molecule has 0 saturated heterocycles. The Morgan fingerprint density at radius 3 is 3.00 bits per heavy atom. The van der Waals surface area contributed by atoms with Crippen LogP contribution in [0.2, 0.25) is 0 Å². The zero-order valence-corrected chi connectivity index (χ0v) is 12.0. The Kier molecular flexibility index (Phi) is 2.78. The van der Waals surface area contributed by atoms with Crippen molar-refractivity contribution in [2.45, 2.75) is 13.5 Å². The summed E-state index contributed by atoms with van der Waals surface area (Å²) in [5.41, 5.74) is -0.375. The van der Waals surface area contributed by atoms with E-state index in [0.29, 0.717) is 16.0 Å². The smallest absolute Gasteiger partial charge is 0.289 e. The predicted octanol–water partition coefficient (Wildman–Crippen LogP) is 2.27. The minimum Gasteiger partial charge on any atom is -0.495 e. The third-order valence-electron chi connectivity index (χ3n) is 3.06. The predicted molar refractivity (Wildman–Crippen MR) is 77.7 cm³/mol. The van der Waals surface area contributed by atoms with Crippen LogP contribution in [0.1, 0.15) is 6.92 Å². The van der Waals surface area contributed by atoms with Crippen molar-refractivity contribution < 1.29 is 4.74 Å². The quantitative estimate of drug-likeness (QED) is 0.920. The van der Waals surface area contributed by atoms with E-state index >= 15 is 0 Å². The molecule has 6 nitrogen and oxygen atoms in total. The molecule has 98 valence electrons. The summed E-state index contributed by atoms with van der Waals surface area (Å²) in [5, 5.41) is 4.51. The summed E-state index contributed by atoms with van der Waals surface area (Å²) in [6, 6.07) is 0. The van der Waals surface area contributed by atoms with Crippen LogP contribution in [0.3, 0.4) is 0 Å². The molecular formula is C12H11BrN4O2. The Balaban J connectivity index is 2.59. The summed E-state index contributed by atoms with van der Waals surface area (Å²) in [7, 11) is 1.53. The number of nitrogens with one attached hydrogen (secondary N) is 1. The van der Waals surface area contributed by atoms with Crippen molar-refractivity contribution in [2.75, 3.05) is 12.4 Å². The number of halogens is 1. The first kappa shape index (κ1) is 12.2. The van der Waals surface area contributed by atoms with Gasteiger partial charge in [0.2, 0.25) is 0 Å². The van der Waals surface area contributed by atoms with E-state index in [-0.39, 0.29) is 5.56 Å². The van der Waals surface area contributed by atoms with Gasteiger partial charge in [-0.2, -0.15) is 4.98 Å². The van der Waals surface area contributed by atoms with Gasteiger partial charge in [-0.25, -0.2) is 4.99 Å². The van der Waals surface area contributed by atoms with E-state index in [1.807, 2.05) is 17.7 Å². The lowest BCUT2D eigenvalue weighted by molar-refractivity contribution is 0.417. The molecule has 3 heterocycles. The number of ether oxygens (including phenoxy) is 1. The molecule has 0 spiro atoms. The molecule has 1 aliphatic heterocycles. The van der Waals surface area contributed by atoms with Crippen molar-refractivity contribution in [1.29, 1.82) is 0 Å². The number of hydrogen-bond donors (Lipinski definition) is 1. The largest absolute Gasteiger partial charge is 0.495 e. The van der Waals surface area contributed by atoms with Crippen LogP contribution in [0, 0.1) is 0 Å². The molecule has 0 bridgehead atoms. The lowest BCUT2D eigenvalue weighted by Crippen LogP contribution is -2.09. The van der Waals surface area contributed by atoms with E-state index in [9.17, 15) is 4.79 Å². The van der Waals surface area contributed by atoms with Crippen molar-refractivity contribution >= 4 is 44.7 Å². The molecule has 2 aromatic rings. The van der Waals surface area contributed by atoms with E-state index in [1.54, 1.807) is 0 Å². The van der Waals surface area contributed by atoms with Gasteiger partial charge in [0.15, 0.2) is 0 Å². The first-order chi connectivity index (χ1) is 9.17. The second kappa shape index (κ2) is 4.34. The van der Waals surface area contributed by atoms with Gasteiger partial charge in [-0.1, -0.05) is 0 Å². The fourth-order valence-electron chi connectivity index (χ4n) is 2.21. The number of methoxy groups -OCH3 is 1. The van der Waals surface area contributed by atoms with Gasteiger partial charge in [0.1, 0.15) is 21.9 Å². The van der Waals surface area contributed by atoms with Crippen molar-refractivity contribution in [3.8, 4) is 5.75 Å². The minimum atomic E-state index is -0.375. The molecule has 2 aromatic heterocycles. The first-order valence-corrected chi connectivity index (χ1v) is 6.56. The Hall–Kier alpha value is -1.89. The number of aromatic nitrogens is 2. The summed E-state index contributed by atoms with van der Waals surface area (Å²) in [6.07, 6.45) is 3.46. The minimum absolute atomic E-state index is 0.315. The van der Waals surface area contributed by atoms with Crippen LogP contribution in [-0.4, -0.2) is 23.0 Å². The molecule has 0 amide bonds. The summed E-state index contributed by atoms with van der Waals surface area (Å²) >= 11 is 3.25. The summed E-state index contributed by atoms with van der Waals surface area (Å²) in [6.45, 7) is 2.80. The second-order valence-electron chi connectivity index (χ2n) is 4.04. The molecule has 19 heavy (non-hydrogen) atoms. The number of aryl methyl sites for hydroxylation is 1. The molecule has 0 saturated carbocycles. The Morgan fingerprint density at radius 1 is 1.53 bits per heavy atom. The average Bonchev–Trinajstić information content (AvgIpc) is 2.74. The molecule has 0 aliphatic carbocycles. The Morgan fingerprint density at radius 2 is 2.32 bits per heavy atom. The number of rotatable bonds is 2. The first-order valence-electron chi connectivity index (χ1n) is 5.77. The van der Waals surface area contributed by atoms with Gasteiger partial charge < -0.3 is 14.6 Å². The third-order valence-corrected chi connectivity index (χ3v) is 3.76.